The molecule has 142 valence electrons. The molecule has 2 aromatic heterocycles. The van der Waals surface area contributed by atoms with Crippen molar-refractivity contribution < 1.29 is 0 Å². The van der Waals surface area contributed by atoms with Gasteiger partial charge >= 0.3 is 0 Å². The molecule has 0 N–H and O–H groups in total. The first-order valence-electron chi connectivity index (χ1n) is 9.66. The van der Waals surface area contributed by atoms with Crippen LogP contribution in [0.15, 0.2) is 42.0 Å². The number of hydrogen-bond acceptors (Lipinski definition) is 5. The summed E-state index contributed by atoms with van der Waals surface area (Å²) in [4.78, 5) is 14.3. The summed E-state index contributed by atoms with van der Waals surface area (Å²) in [6.45, 7) is 8.41. The van der Waals surface area contributed by atoms with Crippen molar-refractivity contribution in [2.75, 3.05) is 26.2 Å². The van der Waals surface area contributed by atoms with Gasteiger partial charge in [-0.15, -0.1) is 11.3 Å². The van der Waals surface area contributed by atoms with E-state index in [1.54, 1.807) is 11.3 Å². The Morgan fingerprint density at radius 1 is 1.00 bits per heavy atom. The second-order valence-electron chi connectivity index (χ2n) is 7.20. The molecule has 0 unspecified atom stereocenters. The highest BCUT2D eigenvalue weighted by atomic mass is 32.1. The van der Waals surface area contributed by atoms with Crippen LogP contribution in [0.4, 0.5) is 0 Å². The normalized spacial score (nSPS) is 16.1. The number of aromatic nitrogens is 3. The highest BCUT2D eigenvalue weighted by Crippen LogP contribution is 2.25. The summed E-state index contributed by atoms with van der Waals surface area (Å²) in [6, 6.07) is 8.80. The van der Waals surface area contributed by atoms with Crippen LogP contribution in [0.1, 0.15) is 24.0 Å². The van der Waals surface area contributed by atoms with Gasteiger partial charge in [-0.05, 0) is 12.0 Å². The summed E-state index contributed by atoms with van der Waals surface area (Å²) in [5.74, 6) is 1.14. The number of hydrogen-bond donors (Lipinski definition) is 0. The summed E-state index contributed by atoms with van der Waals surface area (Å²) in [5.41, 5.74) is 3.79. The minimum Gasteiger partial charge on any atom is -0.337 e. The molecule has 6 heteroatoms. The molecule has 3 heterocycles. The predicted molar refractivity (Wildman–Crippen MR) is 111 cm³/mol. The highest BCUT2D eigenvalue weighted by Gasteiger charge is 2.19. The summed E-state index contributed by atoms with van der Waals surface area (Å²) in [7, 11) is 2.06. The fourth-order valence-corrected chi connectivity index (χ4v) is 4.30. The number of piperazine rings is 1. The summed E-state index contributed by atoms with van der Waals surface area (Å²) >= 11 is 1.75. The Bertz CT molecular complexity index is 859. The van der Waals surface area contributed by atoms with Crippen LogP contribution < -0.4 is 0 Å². The Balaban J connectivity index is 1.30. The molecule has 1 saturated heterocycles. The maximum Gasteiger partial charge on any atom is 0.123 e. The number of nitrogens with zero attached hydrogens (tertiary/aromatic N) is 5. The van der Waals surface area contributed by atoms with Crippen LogP contribution >= 0.6 is 11.3 Å². The van der Waals surface area contributed by atoms with E-state index in [1.165, 1.54) is 16.8 Å². The molecule has 1 aliphatic heterocycles. The van der Waals surface area contributed by atoms with Gasteiger partial charge in [0.05, 0.1) is 12.2 Å². The third-order valence-electron chi connectivity index (χ3n) is 5.30. The van der Waals surface area contributed by atoms with Crippen LogP contribution in [-0.2, 0) is 26.6 Å². The van der Waals surface area contributed by atoms with Crippen molar-refractivity contribution in [2.45, 2.75) is 26.4 Å². The fraction of sp³-hybridized carbons (Fsp3) is 0.429. The molecule has 0 radical (unpaired) electrons. The van der Waals surface area contributed by atoms with Crippen LogP contribution in [0, 0.1) is 0 Å². The Labute approximate surface area is 165 Å². The van der Waals surface area contributed by atoms with Gasteiger partial charge in [-0.3, -0.25) is 9.80 Å². The molecule has 0 bridgehead atoms. The Kier molecular flexibility index (Phi) is 5.66. The van der Waals surface area contributed by atoms with Gasteiger partial charge in [-0.1, -0.05) is 31.2 Å². The smallest absolute Gasteiger partial charge is 0.123 e. The molecule has 27 heavy (non-hydrogen) atoms. The number of thiazole rings is 1. The van der Waals surface area contributed by atoms with E-state index >= 15 is 0 Å². The topological polar surface area (TPSA) is 37.2 Å². The first-order valence-corrected chi connectivity index (χ1v) is 10.5. The van der Waals surface area contributed by atoms with E-state index in [9.17, 15) is 0 Å². The first kappa shape index (κ1) is 18.3. The second kappa shape index (κ2) is 8.33. The number of benzene rings is 1. The minimum absolute atomic E-state index is 0.936. The van der Waals surface area contributed by atoms with Crippen molar-refractivity contribution in [1.82, 2.24) is 24.3 Å². The van der Waals surface area contributed by atoms with Gasteiger partial charge in [0, 0.05) is 63.1 Å². The average molecular weight is 382 g/mol. The van der Waals surface area contributed by atoms with Crippen LogP contribution in [0.25, 0.3) is 10.6 Å². The molecule has 0 atom stereocenters. The van der Waals surface area contributed by atoms with Gasteiger partial charge in [-0.2, -0.15) is 0 Å². The van der Waals surface area contributed by atoms with Gasteiger partial charge in [0.2, 0.25) is 0 Å². The van der Waals surface area contributed by atoms with E-state index in [0.29, 0.717) is 0 Å². The average Bonchev–Trinajstić information content (AvgIpc) is 3.33. The van der Waals surface area contributed by atoms with Crippen LogP contribution in [0.3, 0.4) is 0 Å². The zero-order valence-electron chi connectivity index (χ0n) is 16.1. The second-order valence-corrected chi connectivity index (χ2v) is 8.06. The lowest BCUT2D eigenvalue weighted by atomic mass is 10.1. The van der Waals surface area contributed by atoms with Gasteiger partial charge < -0.3 is 4.57 Å². The molecular formula is C21H27N5S. The van der Waals surface area contributed by atoms with E-state index in [4.69, 9.17) is 4.98 Å². The molecular weight excluding hydrogens is 354 g/mol. The largest absolute Gasteiger partial charge is 0.337 e. The van der Waals surface area contributed by atoms with Crippen LogP contribution in [-0.4, -0.2) is 50.5 Å². The molecule has 0 saturated carbocycles. The van der Waals surface area contributed by atoms with Crippen molar-refractivity contribution >= 4 is 11.3 Å². The molecule has 0 aliphatic carbocycles. The monoisotopic (exact) mass is 381 g/mol. The van der Waals surface area contributed by atoms with E-state index in [0.717, 1.165) is 56.5 Å². The quantitative estimate of drug-likeness (QED) is 0.656. The third-order valence-corrected chi connectivity index (χ3v) is 6.24. The molecule has 0 amide bonds. The first-order chi connectivity index (χ1) is 13.2. The van der Waals surface area contributed by atoms with Crippen molar-refractivity contribution in [1.29, 1.82) is 0 Å². The van der Waals surface area contributed by atoms with E-state index in [1.807, 2.05) is 12.4 Å². The Hall–Kier alpha value is -2.02. The molecule has 3 aromatic rings. The van der Waals surface area contributed by atoms with Crippen molar-refractivity contribution in [3.63, 3.8) is 0 Å². The molecule has 1 aliphatic rings. The maximum atomic E-state index is 4.87. The summed E-state index contributed by atoms with van der Waals surface area (Å²) in [6.07, 6.45) is 4.97. The summed E-state index contributed by atoms with van der Waals surface area (Å²) < 4.78 is 2.11. The maximum absolute atomic E-state index is 4.87. The lowest BCUT2D eigenvalue weighted by Crippen LogP contribution is -2.45. The molecule has 4 rings (SSSR count). The van der Waals surface area contributed by atoms with Gasteiger partial charge in [0.15, 0.2) is 0 Å². The molecule has 5 nitrogen and oxygen atoms in total. The van der Waals surface area contributed by atoms with Crippen LogP contribution in [0.2, 0.25) is 0 Å². The SMILES string of the molecule is CCc1ccc(-c2nc(CN3CCN(Cc4nccn4C)CC3)cs2)cc1. The zero-order chi connectivity index (χ0) is 18.6. The minimum atomic E-state index is 0.936. The lowest BCUT2D eigenvalue weighted by molar-refractivity contribution is 0.118. The van der Waals surface area contributed by atoms with E-state index in [-0.39, 0.29) is 0 Å². The predicted octanol–water partition coefficient (Wildman–Crippen LogP) is 3.42. The molecule has 0 spiro atoms. The zero-order valence-corrected chi connectivity index (χ0v) is 17.0. The molecule has 1 fully saturated rings. The molecule has 1 aromatic carbocycles. The standard InChI is InChI=1S/C21H27N5S/c1-3-17-4-6-18(7-5-17)21-23-19(16-27-21)14-25-10-12-26(13-11-25)15-20-22-8-9-24(20)2/h4-9,16H,3,10-15H2,1-2H3. The number of aryl methyl sites for hydroxylation is 2. The fourth-order valence-electron chi connectivity index (χ4n) is 3.48. The summed E-state index contributed by atoms with van der Waals surface area (Å²) in [5, 5.41) is 3.34. The van der Waals surface area contributed by atoms with Gasteiger partial charge in [0.25, 0.3) is 0 Å². The van der Waals surface area contributed by atoms with Crippen molar-refractivity contribution in [3.05, 3.63) is 59.1 Å². The number of imidazole rings is 1. The van der Waals surface area contributed by atoms with Gasteiger partial charge in [0.1, 0.15) is 10.8 Å². The van der Waals surface area contributed by atoms with Crippen LogP contribution in [0.5, 0.6) is 0 Å². The Morgan fingerprint density at radius 3 is 2.33 bits per heavy atom. The third kappa shape index (κ3) is 4.46. The Morgan fingerprint density at radius 2 is 1.70 bits per heavy atom. The van der Waals surface area contributed by atoms with Crippen molar-refractivity contribution in [2.24, 2.45) is 7.05 Å². The van der Waals surface area contributed by atoms with Crippen molar-refractivity contribution in [3.8, 4) is 10.6 Å². The van der Waals surface area contributed by atoms with Gasteiger partial charge in [-0.25, -0.2) is 9.97 Å². The lowest BCUT2D eigenvalue weighted by Gasteiger charge is -2.34. The van der Waals surface area contributed by atoms with E-state index in [2.05, 4.69) is 63.0 Å². The highest BCUT2D eigenvalue weighted by molar-refractivity contribution is 7.13. The van der Waals surface area contributed by atoms with E-state index < -0.39 is 0 Å². The number of rotatable bonds is 6.